The number of fused-ring (bicyclic) bond motifs is 1. The van der Waals surface area contributed by atoms with Gasteiger partial charge in [-0.15, -0.1) is 0 Å². The average molecular weight is 169 g/mol. The lowest BCUT2D eigenvalue weighted by atomic mass is 10.1. The van der Waals surface area contributed by atoms with Crippen LogP contribution in [0, 0.1) is 0 Å². The summed E-state index contributed by atoms with van der Waals surface area (Å²) in [5.41, 5.74) is 2.60. The maximum absolute atomic E-state index is 4.35. The van der Waals surface area contributed by atoms with Crippen LogP contribution in [0.3, 0.4) is 0 Å². The fourth-order valence-electron chi connectivity index (χ4n) is 1.75. The SMILES string of the molecule is c1cnc2cc(C3CC3)ccc2c1. The minimum atomic E-state index is 0.825. The molecule has 0 spiro atoms. The molecular weight excluding hydrogens is 158 g/mol. The van der Waals surface area contributed by atoms with Crippen molar-refractivity contribution in [3.8, 4) is 0 Å². The quantitative estimate of drug-likeness (QED) is 0.639. The van der Waals surface area contributed by atoms with E-state index in [-0.39, 0.29) is 0 Å². The van der Waals surface area contributed by atoms with Crippen LogP contribution < -0.4 is 0 Å². The molecule has 1 aromatic carbocycles. The summed E-state index contributed by atoms with van der Waals surface area (Å²) in [4.78, 5) is 4.35. The van der Waals surface area contributed by atoms with Gasteiger partial charge in [-0.25, -0.2) is 0 Å². The molecule has 1 fully saturated rings. The Morgan fingerprint density at radius 3 is 2.92 bits per heavy atom. The first-order valence-electron chi connectivity index (χ1n) is 4.78. The molecule has 2 aromatic rings. The van der Waals surface area contributed by atoms with Gasteiger partial charge >= 0.3 is 0 Å². The topological polar surface area (TPSA) is 12.9 Å². The lowest BCUT2D eigenvalue weighted by Crippen LogP contribution is -1.81. The van der Waals surface area contributed by atoms with Crippen molar-refractivity contribution in [2.24, 2.45) is 0 Å². The van der Waals surface area contributed by atoms with Crippen LogP contribution >= 0.6 is 0 Å². The number of rotatable bonds is 1. The van der Waals surface area contributed by atoms with E-state index in [4.69, 9.17) is 0 Å². The van der Waals surface area contributed by atoms with E-state index >= 15 is 0 Å². The summed E-state index contributed by atoms with van der Waals surface area (Å²) in [7, 11) is 0. The predicted octanol–water partition coefficient (Wildman–Crippen LogP) is 3.11. The number of nitrogens with zero attached hydrogens (tertiary/aromatic N) is 1. The highest BCUT2D eigenvalue weighted by molar-refractivity contribution is 5.79. The minimum absolute atomic E-state index is 0.825. The van der Waals surface area contributed by atoms with Gasteiger partial charge in [0.05, 0.1) is 5.52 Å². The lowest BCUT2D eigenvalue weighted by molar-refractivity contribution is 1.13. The lowest BCUT2D eigenvalue weighted by Gasteiger charge is -1.99. The molecule has 64 valence electrons. The zero-order valence-corrected chi connectivity index (χ0v) is 7.40. The fraction of sp³-hybridized carbons (Fsp3) is 0.250. The zero-order chi connectivity index (χ0) is 8.67. The maximum Gasteiger partial charge on any atom is 0.0704 e. The molecule has 0 unspecified atom stereocenters. The van der Waals surface area contributed by atoms with Crippen molar-refractivity contribution in [1.29, 1.82) is 0 Å². The van der Waals surface area contributed by atoms with E-state index in [9.17, 15) is 0 Å². The van der Waals surface area contributed by atoms with E-state index in [1.165, 1.54) is 23.8 Å². The second-order valence-corrected chi connectivity index (χ2v) is 3.73. The summed E-state index contributed by atoms with van der Waals surface area (Å²) >= 11 is 0. The summed E-state index contributed by atoms with van der Waals surface area (Å²) in [6.07, 6.45) is 4.58. The Kier molecular flexibility index (Phi) is 1.39. The van der Waals surface area contributed by atoms with Gasteiger partial charge in [-0.3, -0.25) is 4.98 Å². The second kappa shape index (κ2) is 2.56. The third kappa shape index (κ3) is 1.21. The molecule has 0 amide bonds. The molecular formula is C12H11N. The molecule has 1 aliphatic carbocycles. The molecule has 0 aliphatic heterocycles. The fourth-order valence-corrected chi connectivity index (χ4v) is 1.75. The Bertz CT molecular complexity index is 444. The van der Waals surface area contributed by atoms with E-state index < -0.39 is 0 Å². The molecule has 0 bridgehead atoms. The Labute approximate surface area is 77.4 Å². The van der Waals surface area contributed by atoms with E-state index in [0.717, 1.165) is 11.4 Å². The Balaban J connectivity index is 2.21. The monoisotopic (exact) mass is 169 g/mol. The van der Waals surface area contributed by atoms with Gasteiger partial charge in [0.1, 0.15) is 0 Å². The van der Waals surface area contributed by atoms with Crippen LogP contribution in [0.4, 0.5) is 0 Å². The Morgan fingerprint density at radius 2 is 2.08 bits per heavy atom. The van der Waals surface area contributed by atoms with Crippen LogP contribution in [0.5, 0.6) is 0 Å². The van der Waals surface area contributed by atoms with Crippen LogP contribution in [0.25, 0.3) is 10.9 Å². The molecule has 1 heterocycles. The van der Waals surface area contributed by atoms with Crippen molar-refractivity contribution in [3.63, 3.8) is 0 Å². The molecule has 13 heavy (non-hydrogen) atoms. The normalized spacial score (nSPS) is 16.3. The molecule has 3 rings (SSSR count). The molecule has 1 aromatic heterocycles. The second-order valence-electron chi connectivity index (χ2n) is 3.73. The van der Waals surface area contributed by atoms with Crippen LogP contribution in [-0.4, -0.2) is 4.98 Å². The van der Waals surface area contributed by atoms with Crippen molar-refractivity contribution in [2.45, 2.75) is 18.8 Å². The summed E-state index contributed by atoms with van der Waals surface area (Å²) in [5.74, 6) is 0.825. The molecule has 1 nitrogen and oxygen atoms in total. The zero-order valence-electron chi connectivity index (χ0n) is 7.40. The number of hydrogen-bond acceptors (Lipinski definition) is 1. The molecule has 1 aliphatic rings. The molecule has 0 atom stereocenters. The summed E-state index contributed by atoms with van der Waals surface area (Å²) < 4.78 is 0. The largest absolute Gasteiger partial charge is 0.256 e. The molecule has 1 saturated carbocycles. The first kappa shape index (κ1) is 7.07. The number of aromatic nitrogens is 1. The van der Waals surface area contributed by atoms with Crippen LogP contribution in [0.2, 0.25) is 0 Å². The minimum Gasteiger partial charge on any atom is -0.256 e. The average Bonchev–Trinajstić information content (AvgIpc) is 3.00. The van der Waals surface area contributed by atoms with Gasteiger partial charge in [0.2, 0.25) is 0 Å². The summed E-state index contributed by atoms with van der Waals surface area (Å²) in [6, 6.07) is 10.7. The maximum atomic E-state index is 4.35. The van der Waals surface area contributed by atoms with Crippen LogP contribution in [0.15, 0.2) is 36.5 Å². The third-order valence-corrected chi connectivity index (χ3v) is 2.68. The Hall–Kier alpha value is -1.37. The van der Waals surface area contributed by atoms with E-state index in [2.05, 4.69) is 29.2 Å². The standard InChI is InChI=1S/C12H11N/c1-2-10-5-6-11(9-3-4-9)8-12(10)13-7-1/h1-2,5-9H,3-4H2. The molecule has 0 saturated heterocycles. The molecule has 0 N–H and O–H groups in total. The van der Waals surface area contributed by atoms with Gasteiger partial charge in [0.25, 0.3) is 0 Å². The number of benzene rings is 1. The van der Waals surface area contributed by atoms with Gasteiger partial charge < -0.3 is 0 Å². The summed E-state index contributed by atoms with van der Waals surface area (Å²) in [6.45, 7) is 0. The van der Waals surface area contributed by atoms with Crippen molar-refractivity contribution in [2.75, 3.05) is 0 Å². The van der Waals surface area contributed by atoms with Crippen molar-refractivity contribution in [1.82, 2.24) is 4.98 Å². The van der Waals surface area contributed by atoms with Crippen molar-refractivity contribution < 1.29 is 0 Å². The first-order chi connectivity index (χ1) is 6.43. The van der Waals surface area contributed by atoms with Gasteiger partial charge in [0, 0.05) is 11.6 Å². The third-order valence-electron chi connectivity index (χ3n) is 2.68. The highest BCUT2D eigenvalue weighted by Crippen LogP contribution is 2.40. The van der Waals surface area contributed by atoms with Gasteiger partial charge in [-0.05, 0) is 36.5 Å². The highest BCUT2D eigenvalue weighted by atomic mass is 14.6. The highest BCUT2D eigenvalue weighted by Gasteiger charge is 2.23. The van der Waals surface area contributed by atoms with Gasteiger partial charge in [-0.1, -0.05) is 18.2 Å². The predicted molar refractivity (Wildman–Crippen MR) is 53.7 cm³/mol. The van der Waals surface area contributed by atoms with E-state index in [0.29, 0.717) is 0 Å². The van der Waals surface area contributed by atoms with Gasteiger partial charge in [0.15, 0.2) is 0 Å². The number of hydrogen-bond donors (Lipinski definition) is 0. The van der Waals surface area contributed by atoms with Gasteiger partial charge in [-0.2, -0.15) is 0 Å². The van der Waals surface area contributed by atoms with Crippen LogP contribution in [-0.2, 0) is 0 Å². The van der Waals surface area contributed by atoms with Crippen molar-refractivity contribution in [3.05, 3.63) is 42.1 Å². The van der Waals surface area contributed by atoms with E-state index in [1.807, 2.05) is 12.3 Å². The molecule has 1 heteroatoms. The summed E-state index contributed by atoms with van der Waals surface area (Å²) in [5, 5.41) is 1.24. The Morgan fingerprint density at radius 1 is 1.15 bits per heavy atom. The van der Waals surface area contributed by atoms with Crippen molar-refractivity contribution >= 4 is 10.9 Å². The number of pyridine rings is 1. The van der Waals surface area contributed by atoms with Crippen LogP contribution in [0.1, 0.15) is 24.3 Å². The first-order valence-corrected chi connectivity index (χ1v) is 4.78. The van der Waals surface area contributed by atoms with E-state index in [1.54, 1.807) is 0 Å². The molecule has 0 radical (unpaired) electrons. The smallest absolute Gasteiger partial charge is 0.0704 e.